The molecule has 1 aliphatic rings. The molecule has 0 saturated carbocycles. The van der Waals surface area contributed by atoms with E-state index in [0.717, 1.165) is 35.3 Å². The van der Waals surface area contributed by atoms with Crippen LogP contribution >= 0.6 is 0 Å². The van der Waals surface area contributed by atoms with Crippen molar-refractivity contribution in [3.8, 4) is 0 Å². The third-order valence-electron chi connectivity index (χ3n) is 3.14. The molecule has 118 valence electrons. The van der Waals surface area contributed by atoms with Crippen molar-refractivity contribution in [2.45, 2.75) is 4.90 Å². The summed E-state index contributed by atoms with van der Waals surface area (Å²) in [7, 11) is -4.46. The number of hydrogen-bond acceptors (Lipinski definition) is 5. The Bertz CT molecular complexity index is 940. The lowest BCUT2D eigenvalue weighted by Crippen LogP contribution is -2.33. The van der Waals surface area contributed by atoms with Crippen molar-refractivity contribution in [3.05, 3.63) is 54.1 Å². The lowest BCUT2D eigenvalue weighted by molar-refractivity contribution is -0.129. The van der Waals surface area contributed by atoms with Crippen LogP contribution in [-0.4, -0.2) is 24.5 Å². The molecule has 1 heterocycles. The van der Waals surface area contributed by atoms with E-state index in [1.165, 1.54) is 12.1 Å². The zero-order chi connectivity index (χ0) is 16.8. The molecule has 0 radical (unpaired) electrons. The minimum atomic E-state index is -4.46. The van der Waals surface area contributed by atoms with Crippen molar-refractivity contribution in [2.75, 3.05) is 5.01 Å². The third-order valence-corrected chi connectivity index (χ3v) is 4.81. The summed E-state index contributed by atoms with van der Waals surface area (Å²) in [5.74, 6) is -3.13. The molecule has 0 amide bonds. The van der Waals surface area contributed by atoms with Crippen LogP contribution in [-0.2, 0) is 14.6 Å². The number of carboxylic acid groups (broad SMARTS) is 1. The minimum absolute atomic E-state index is 0.0250. The standard InChI is InChI=1S/C14H8F2N2O4S/c15-8-1-4-10(5-2-8)18-11-6-3-9(16)7-12(11)23(21,22)13(17-18)14(19)20/h1-7H,(H,19,20). The molecule has 0 aliphatic carbocycles. The quantitative estimate of drug-likeness (QED) is 0.908. The van der Waals surface area contributed by atoms with Gasteiger partial charge in [0.25, 0.3) is 5.04 Å². The second kappa shape index (κ2) is 5.13. The van der Waals surface area contributed by atoms with E-state index >= 15 is 0 Å². The number of carboxylic acids is 1. The summed E-state index contributed by atoms with van der Waals surface area (Å²) in [5, 5.41) is 12.6. The van der Waals surface area contributed by atoms with Crippen LogP contribution in [0, 0.1) is 11.6 Å². The average Bonchev–Trinajstić information content (AvgIpc) is 2.48. The Morgan fingerprint density at radius 1 is 1.04 bits per heavy atom. The summed E-state index contributed by atoms with van der Waals surface area (Å²) < 4.78 is 51.0. The van der Waals surface area contributed by atoms with E-state index in [4.69, 9.17) is 5.11 Å². The van der Waals surface area contributed by atoms with Gasteiger partial charge in [-0.1, -0.05) is 0 Å². The van der Waals surface area contributed by atoms with Crippen molar-refractivity contribution in [2.24, 2.45) is 5.10 Å². The van der Waals surface area contributed by atoms with E-state index in [1.807, 2.05) is 0 Å². The number of hydrogen-bond donors (Lipinski definition) is 1. The molecule has 3 rings (SSSR count). The summed E-state index contributed by atoms with van der Waals surface area (Å²) in [5.41, 5.74) is 0.205. The van der Waals surface area contributed by atoms with Crippen molar-refractivity contribution < 1.29 is 27.1 Å². The highest BCUT2D eigenvalue weighted by molar-refractivity contribution is 8.08. The molecule has 0 aromatic heterocycles. The van der Waals surface area contributed by atoms with Crippen LogP contribution in [0.4, 0.5) is 20.2 Å². The minimum Gasteiger partial charge on any atom is -0.476 e. The van der Waals surface area contributed by atoms with Crippen molar-refractivity contribution in [1.82, 2.24) is 0 Å². The SMILES string of the molecule is O=C(O)C1=NN(c2ccc(F)cc2)c2ccc(F)cc2S1(=O)=O. The van der Waals surface area contributed by atoms with Crippen molar-refractivity contribution in [3.63, 3.8) is 0 Å². The van der Waals surface area contributed by atoms with Crippen LogP contribution in [0.2, 0.25) is 0 Å². The van der Waals surface area contributed by atoms with E-state index in [-0.39, 0.29) is 11.4 Å². The number of carbonyl (C=O) groups is 1. The second-order valence-corrected chi connectivity index (χ2v) is 6.45. The fraction of sp³-hybridized carbons (Fsp3) is 0. The number of halogens is 2. The highest BCUT2D eigenvalue weighted by Gasteiger charge is 2.38. The smallest absolute Gasteiger partial charge is 0.368 e. The van der Waals surface area contributed by atoms with Gasteiger partial charge in [0, 0.05) is 0 Å². The summed E-state index contributed by atoms with van der Waals surface area (Å²) in [6.45, 7) is 0. The van der Waals surface area contributed by atoms with Gasteiger partial charge in [-0.3, -0.25) is 0 Å². The van der Waals surface area contributed by atoms with Gasteiger partial charge in [0.1, 0.15) is 16.5 Å². The first-order valence-electron chi connectivity index (χ1n) is 6.23. The number of anilines is 2. The lowest BCUT2D eigenvalue weighted by Gasteiger charge is -2.26. The Morgan fingerprint density at radius 3 is 2.26 bits per heavy atom. The average molecular weight is 338 g/mol. The Hall–Kier alpha value is -2.81. The summed E-state index contributed by atoms with van der Waals surface area (Å²) in [6, 6.07) is 7.71. The van der Waals surface area contributed by atoms with Gasteiger partial charge in [-0.25, -0.2) is 27.0 Å². The Morgan fingerprint density at radius 2 is 1.65 bits per heavy atom. The molecule has 1 aliphatic heterocycles. The first-order chi connectivity index (χ1) is 10.8. The number of aliphatic carboxylic acids is 1. The van der Waals surface area contributed by atoms with Gasteiger partial charge in [0.2, 0.25) is 9.84 Å². The largest absolute Gasteiger partial charge is 0.476 e. The predicted octanol–water partition coefficient (Wildman–Crippen LogP) is 2.29. The molecule has 6 nitrogen and oxygen atoms in total. The summed E-state index contributed by atoms with van der Waals surface area (Å²) >= 11 is 0. The predicted molar refractivity (Wildman–Crippen MR) is 77.2 cm³/mol. The molecule has 0 fully saturated rings. The molecule has 9 heteroatoms. The van der Waals surface area contributed by atoms with E-state index < -0.39 is 37.4 Å². The molecule has 2 aromatic rings. The molecule has 0 unspecified atom stereocenters. The van der Waals surface area contributed by atoms with Crippen LogP contribution < -0.4 is 5.01 Å². The molecular formula is C14H8F2N2O4S. The molecule has 23 heavy (non-hydrogen) atoms. The van der Waals surface area contributed by atoms with Crippen LogP contribution in [0.25, 0.3) is 0 Å². The highest BCUT2D eigenvalue weighted by Crippen LogP contribution is 2.37. The van der Waals surface area contributed by atoms with Gasteiger partial charge >= 0.3 is 5.97 Å². The molecule has 2 aromatic carbocycles. The number of sulfone groups is 1. The van der Waals surface area contributed by atoms with Gasteiger partial charge in [0.05, 0.1) is 11.4 Å². The zero-order valence-corrected chi connectivity index (χ0v) is 12.1. The molecule has 0 spiro atoms. The number of nitrogens with zero attached hydrogens (tertiary/aromatic N) is 2. The number of fused-ring (bicyclic) bond motifs is 1. The monoisotopic (exact) mass is 338 g/mol. The Kier molecular flexibility index (Phi) is 3.37. The molecule has 1 N–H and O–H groups in total. The van der Waals surface area contributed by atoms with Crippen molar-refractivity contribution in [1.29, 1.82) is 0 Å². The highest BCUT2D eigenvalue weighted by atomic mass is 32.2. The molecular weight excluding hydrogens is 330 g/mol. The maximum Gasteiger partial charge on any atom is 0.368 e. The van der Waals surface area contributed by atoms with E-state index in [1.54, 1.807) is 0 Å². The zero-order valence-electron chi connectivity index (χ0n) is 11.3. The van der Waals surface area contributed by atoms with Crippen LogP contribution in [0.3, 0.4) is 0 Å². The molecule has 0 atom stereocenters. The first-order valence-corrected chi connectivity index (χ1v) is 7.71. The van der Waals surface area contributed by atoms with Gasteiger partial charge in [-0.05, 0) is 42.5 Å². The molecule has 0 bridgehead atoms. The van der Waals surface area contributed by atoms with Gasteiger partial charge in [0.15, 0.2) is 0 Å². The second-order valence-electron chi connectivity index (χ2n) is 4.61. The van der Waals surface area contributed by atoms with E-state index in [0.29, 0.717) is 0 Å². The first kappa shape index (κ1) is 15.1. The Labute approximate surface area is 129 Å². The topological polar surface area (TPSA) is 87.0 Å². The lowest BCUT2D eigenvalue weighted by atomic mass is 10.2. The fourth-order valence-electron chi connectivity index (χ4n) is 2.12. The van der Waals surface area contributed by atoms with Crippen LogP contribution in [0.5, 0.6) is 0 Å². The normalized spacial score (nSPS) is 15.7. The van der Waals surface area contributed by atoms with Crippen LogP contribution in [0.1, 0.15) is 0 Å². The maximum atomic E-state index is 13.4. The summed E-state index contributed by atoms with van der Waals surface area (Å²) in [6.07, 6.45) is 0. The van der Waals surface area contributed by atoms with E-state index in [2.05, 4.69) is 5.10 Å². The van der Waals surface area contributed by atoms with Gasteiger partial charge in [-0.15, -0.1) is 5.10 Å². The number of rotatable bonds is 2. The Balaban J connectivity index is 2.29. The van der Waals surface area contributed by atoms with Crippen LogP contribution in [0.15, 0.2) is 52.5 Å². The van der Waals surface area contributed by atoms with Gasteiger partial charge in [-0.2, -0.15) is 0 Å². The maximum absolute atomic E-state index is 13.4. The van der Waals surface area contributed by atoms with E-state index in [9.17, 15) is 22.0 Å². The third kappa shape index (κ3) is 2.44. The number of benzene rings is 2. The van der Waals surface area contributed by atoms with Gasteiger partial charge < -0.3 is 5.11 Å². The number of hydrazone groups is 1. The summed E-state index contributed by atoms with van der Waals surface area (Å²) in [4.78, 5) is 10.7. The van der Waals surface area contributed by atoms with Crippen molar-refractivity contribution >= 4 is 32.2 Å². The fourth-order valence-corrected chi connectivity index (χ4v) is 3.44. The molecule has 0 saturated heterocycles.